The minimum atomic E-state index is -3.00. The molecule has 0 bridgehead atoms. The van der Waals surface area contributed by atoms with Crippen LogP contribution in [-0.2, 0) is 27.1 Å². The van der Waals surface area contributed by atoms with E-state index in [1.54, 1.807) is 0 Å². The molecule has 2 unspecified atom stereocenters. The lowest BCUT2D eigenvalue weighted by molar-refractivity contribution is 0.163. The highest BCUT2D eigenvalue weighted by Crippen LogP contribution is 2.83. The van der Waals surface area contributed by atoms with Crippen LogP contribution in [0.25, 0.3) is 0 Å². The molecule has 0 aliphatic carbocycles. The van der Waals surface area contributed by atoms with Gasteiger partial charge < -0.3 is 27.1 Å². The Balaban J connectivity index is 1.11. The molecular formula is C19H40Cl2N10O6P6. The fraction of sp³-hybridized carbons (Fsp3) is 1.00. The Morgan fingerprint density at radius 2 is 0.930 bits per heavy atom. The molecule has 0 amide bonds. The Bertz CT molecular complexity index is 1390. The first-order valence-corrected chi connectivity index (χ1v) is 26.3. The van der Waals surface area contributed by atoms with Crippen LogP contribution in [0.2, 0.25) is 0 Å². The number of halogens is 2. The minimum absolute atomic E-state index is 0.534. The van der Waals surface area contributed by atoms with Gasteiger partial charge in [-0.3, -0.25) is 10.2 Å². The van der Waals surface area contributed by atoms with Crippen LogP contribution in [0.15, 0.2) is 27.1 Å². The molecule has 2 atom stereocenters. The smallest absolute Gasteiger partial charge is 0.306 e. The second-order valence-corrected chi connectivity index (χ2v) is 27.9. The lowest BCUT2D eigenvalue weighted by Crippen LogP contribution is -2.38. The number of unbranched alkanes of at least 4 members (excludes halogenated alkanes) is 1. The average molecular weight is 761 g/mol. The van der Waals surface area contributed by atoms with Crippen molar-refractivity contribution in [2.75, 3.05) is 78.9 Å². The second-order valence-electron chi connectivity index (χ2n) is 10.8. The molecule has 7 rings (SSSR count). The van der Waals surface area contributed by atoms with Gasteiger partial charge in [-0.15, -0.1) is 4.52 Å². The van der Waals surface area contributed by atoms with E-state index in [0.717, 1.165) is 84.2 Å². The molecule has 5 saturated heterocycles. The summed E-state index contributed by atoms with van der Waals surface area (Å²) in [6.45, 7) is 8.22. The molecule has 5 fully saturated rings. The molecule has 24 heteroatoms. The van der Waals surface area contributed by atoms with Crippen molar-refractivity contribution >= 4 is 66.4 Å². The summed E-state index contributed by atoms with van der Waals surface area (Å²) >= 11 is 13.4. The largest absolute Gasteiger partial charge is 0.347 e. The summed E-state index contributed by atoms with van der Waals surface area (Å²) in [5, 5.41) is 7.26. The summed E-state index contributed by atoms with van der Waals surface area (Å²) in [5.74, 6) is -3.00. The summed E-state index contributed by atoms with van der Waals surface area (Å²) in [4.78, 5) is 0. The van der Waals surface area contributed by atoms with Crippen LogP contribution in [0.4, 0.5) is 0 Å². The van der Waals surface area contributed by atoms with Gasteiger partial charge in [0.05, 0.1) is 39.6 Å². The summed E-state index contributed by atoms with van der Waals surface area (Å²) in [5.41, 5.74) is 0. The van der Waals surface area contributed by atoms with Gasteiger partial charge in [-0.05, 0) is 67.4 Å². The summed E-state index contributed by atoms with van der Waals surface area (Å²) in [6.07, 6.45) is 6.25. The maximum Gasteiger partial charge on any atom is 0.347 e. The molecule has 7 aliphatic rings. The first-order valence-electron chi connectivity index (χ1n) is 14.9. The number of nitrogens with one attached hydrogen (secondary N) is 2. The predicted molar refractivity (Wildman–Crippen MR) is 175 cm³/mol. The fourth-order valence-electron chi connectivity index (χ4n) is 5.61. The maximum atomic E-state index is 6.69. The van der Waals surface area contributed by atoms with E-state index < -0.39 is 43.9 Å². The van der Waals surface area contributed by atoms with E-state index in [1.165, 1.54) is 0 Å². The van der Waals surface area contributed by atoms with Gasteiger partial charge in [0, 0.05) is 39.3 Å². The van der Waals surface area contributed by atoms with E-state index in [2.05, 4.69) is 24.0 Å². The lowest BCUT2D eigenvalue weighted by atomic mass is 10.3. The van der Waals surface area contributed by atoms with E-state index in [-0.39, 0.29) is 0 Å². The molecular weight excluding hydrogens is 721 g/mol. The highest BCUT2D eigenvalue weighted by atomic mass is 35.9. The van der Waals surface area contributed by atoms with Gasteiger partial charge in [0.25, 0.3) is 5.91 Å². The van der Waals surface area contributed by atoms with Crippen molar-refractivity contribution in [3.63, 3.8) is 0 Å². The summed E-state index contributed by atoms with van der Waals surface area (Å²) < 4.78 is 71.3. The first kappa shape index (κ1) is 33.1. The molecule has 7 aliphatic heterocycles. The van der Waals surface area contributed by atoms with E-state index in [9.17, 15) is 0 Å². The monoisotopic (exact) mass is 760 g/mol. The van der Waals surface area contributed by atoms with Gasteiger partial charge in [-0.1, -0.05) is 0 Å². The molecule has 0 aromatic heterocycles. The van der Waals surface area contributed by atoms with Crippen molar-refractivity contribution in [3.05, 3.63) is 0 Å². The zero-order valence-corrected chi connectivity index (χ0v) is 30.8. The second kappa shape index (κ2) is 13.5. The van der Waals surface area contributed by atoms with Crippen LogP contribution in [-0.4, -0.2) is 88.3 Å². The zero-order valence-electron chi connectivity index (χ0n) is 23.9. The van der Waals surface area contributed by atoms with Crippen LogP contribution in [0.3, 0.4) is 0 Å². The molecule has 7 heterocycles. The van der Waals surface area contributed by atoms with Gasteiger partial charge in [-0.2, -0.15) is 22.6 Å². The SMILES string of the molecule is ClP1(Cl)=NP2(=NP3(=N1)NCCCN3CCCCN1CCCNP13=NP1(=NP4(=N3)OCCCO4)OCCCO1)OCCCO2. The van der Waals surface area contributed by atoms with Crippen molar-refractivity contribution < 1.29 is 27.1 Å². The standard InChI is InChI=1S/C19H40Cl2N10O6P6/c20-38(21)24-39(26-41(25-38)32-14-5-15-33-41)22-8-3-12-30(39)10-1-2-11-31-13-4-9-23-40(31)27-42(34-16-6-17-35-42)29-43(28-40)36-18-7-19-37-43/h22-23H,1-19H2. The molecule has 0 radical (unpaired) electrons. The van der Waals surface area contributed by atoms with Crippen LogP contribution < -0.4 is 10.2 Å². The van der Waals surface area contributed by atoms with E-state index in [4.69, 9.17) is 72.2 Å². The Labute approximate surface area is 263 Å². The summed E-state index contributed by atoms with van der Waals surface area (Å²) in [6, 6.07) is 0. The third-order valence-corrected chi connectivity index (χ3v) is 27.9. The van der Waals surface area contributed by atoms with Crippen molar-refractivity contribution in [3.8, 4) is 0 Å². The van der Waals surface area contributed by atoms with Crippen LogP contribution in [0, 0.1) is 0 Å². The van der Waals surface area contributed by atoms with Gasteiger partial charge in [0.1, 0.15) is 0 Å². The van der Waals surface area contributed by atoms with Crippen molar-refractivity contribution in [1.82, 2.24) is 19.5 Å². The van der Waals surface area contributed by atoms with Gasteiger partial charge in [0.2, 0.25) is 15.0 Å². The number of rotatable bonds is 5. The van der Waals surface area contributed by atoms with Crippen LogP contribution >= 0.6 is 66.4 Å². The van der Waals surface area contributed by atoms with Crippen LogP contribution in [0.5, 0.6) is 0 Å². The third-order valence-electron chi connectivity index (χ3n) is 7.52. The average Bonchev–Trinajstić information content (AvgIpc) is 2.97. The molecule has 5 spiro atoms. The van der Waals surface area contributed by atoms with Crippen molar-refractivity contribution in [1.29, 1.82) is 0 Å². The summed E-state index contributed by atoms with van der Waals surface area (Å²) in [7, 11) is -13.9. The minimum Gasteiger partial charge on any atom is -0.306 e. The van der Waals surface area contributed by atoms with Gasteiger partial charge in [0.15, 0.2) is 0 Å². The van der Waals surface area contributed by atoms with Crippen molar-refractivity contribution in [2.45, 2.75) is 44.9 Å². The van der Waals surface area contributed by atoms with E-state index in [0.29, 0.717) is 39.6 Å². The Morgan fingerprint density at radius 1 is 0.512 bits per heavy atom. The number of hydrogen-bond donors (Lipinski definition) is 2. The quantitative estimate of drug-likeness (QED) is 0.205. The number of hydrogen-bond acceptors (Lipinski definition) is 16. The first-order chi connectivity index (χ1) is 20.8. The van der Waals surface area contributed by atoms with E-state index in [1.807, 2.05) is 0 Å². The van der Waals surface area contributed by atoms with Gasteiger partial charge in [-0.25, -0.2) is 9.34 Å². The molecule has 246 valence electrons. The lowest BCUT2D eigenvalue weighted by Gasteiger charge is -2.43. The van der Waals surface area contributed by atoms with E-state index >= 15 is 0 Å². The Hall–Kier alpha value is 1.56. The molecule has 0 saturated carbocycles. The molecule has 0 aromatic rings. The maximum absolute atomic E-state index is 6.69. The third kappa shape index (κ3) is 7.15. The highest BCUT2D eigenvalue weighted by molar-refractivity contribution is 8.13. The van der Waals surface area contributed by atoms with Crippen LogP contribution in [0.1, 0.15) is 44.9 Å². The fourth-order valence-corrected chi connectivity index (χ4v) is 29.6. The van der Waals surface area contributed by atoms with Gasteiger partial charge >= 0.3 is 23.0 Å². The highest BCUT2D eigenvalue weighted by Gasteiger charge is 2.46. The predicted octanol–water partition coefficient (Wildman–Crippen LogP) is 8.85. The Kier molecular flexibility index (Phi) is 10.4. The normalized spacial score (nSPS) is 36.7. The zero-order chi connectivity index (χ0) is 29.5. The molecule has 2 N–H and O–H groups in total. The molecule has 0 aromatic carbocycles. The number of nitrogens with zero attached hydrogens (tertiary/aromatic N) is 8. The Morgan fingerprint density at radius 3 is 1.42 bits per heavy atom. The molecule has 43 heavy (non-hydrogen) atoms. The van der Waals surface area contributed by atoms with Crippen molar-refractivity contribution in [2.24, 2.45) is 27.1 Å². The molecule has 16 nitrogen and oxygen atoms in total. The topological polar surface area (TPSA) is 160 Å².